The molecule has 1 saturated heterocycles. The minimum absolute atomic E-state index is 0.247. The maximum Gasteiger partial charge on any atom is 0.409 e. The van der Waals surface area contributed by atoms with Gasteiger partial charge < -0.3 is 14.5 Å². The zero-order chi connectivity index (χ0) is 18.8. The van der Waals surface area contributed by atoms with E-state index in [1.54, 1.807) is 4.90 Å². The fraction of sp³-hybridized carbons (Fsp3) is 0.300. The zero-order valence-electron chi connectivity index (χ0n) is 15.1. The van der Waals surface area contributed by atoms with Crippen LogP contribution in [0.15, 0.2) is 48.5 Å². The summed E-state index contributed by atoms with van der Waals surface area (Å²) in [6.45, 7) is 4.87. The predicted octanol–water partition coefficient (Wildman–Crippen LogP) is 3.96. The Morgan fingerprint density at radius 1 is 1.07 bits per heavy atom. The number of ether oxygens (including phenoxy) is 1. The maximum atomic E-state index is 11.9. The molecule has 0 radical (unpaired) electrons. The Bertz CT molecular complexity index is 964. The van der Waals surface area contributed by atoms with Gasteiger partial charge in [-0.2, -0.15) is 0 Å². The summed E-state index contributed by atoms with van der Waals surface area (Å²) in [5, 5.41) is 6.60. The van der Waals surface area contributed by atoms with Crippen LogP contribution < -0.4 is 4.90 Å². The van der Waals surface area contributed by atoms with Crippen LogP contribution >= 0.6 is 11.6 Å². The lowest BCUT2D eigenvalue weighted by Crippen LogP contribution is -2.49. The number of halogens is 1. The molecule has 27 heavy (non-hydrogen) atoms. The predicted molar refractivity (Wildman–Crippen MR) is 107 cm³/mol. The number of benzene rings is 2. The second-order valence-corrected chi connectivity index (χ2v) is 6.78. The van der Waals surface area contributed by atoms with E-state index in [2.05, 4.69) is 11.0 Å². The first-order chi connectivity index (χ1) is 13.2. The average Bonchev–Trinajstić information content (AvgIpc) is 3.08. The first-order valence-corrected chi connectivity index (χ1v) is 9.46. The van der Waals surface area contributed by atoms with Crippen molar-refractivity contribution in [1.82, 2.24) is 14.7 Å². The van der Waals surface area contributed by atoms with E-state index in [1.807, 2.05) is 54.1 Å². The summed E-state index contributed by atoms with van der Waals surface area (Å²) >= 11 is 6.41. The van der Waals surface area contributed by atoms with Gasteiger partial charge in [0.2, 0.25) is 0 Å². The fourth-order valence-corrected chi connectivity index (χ4v) is 3.62. The Labute approximate surface area is 162 Å². The minimum atomic E-state index is -0.247. The molecular formula is C20H21ClN4O2. The number of hydrogen-bond donors (Lipinski definition) is 0. The maximum absolute atomic E-state index is 11.9. The fourth-order valence-electron chi connectivity index (χ4n) is 3.41. The molecule has 0 bridgehead atoms. The number of anilines is 1. The zero-order valence-corrected chi connectivity index (χ0v) is 15.9. The van der Waals surface area contributed by atoms with Crippen LogP contribution in [0, 0.1) is 0 Å². The van der Waals surface area contributed by atoms with Crippen molar-refractivity contribution in [3.05, 3.63) is 53.6 Å². The van der Waals surface area contributed by atoms with Crippen molar-refractivity contribution in [3.63, 3.8) is 0 Å². The first-order valence-electron chi connectivity index (χ1n) is 9.08. The largest absolute Gasteiger partial charge is 0.450 e. The number of carbonyl (C=O) groups is 1. The molecule has 1 aliphatic rings. The van der Waals surface area contributed by atoms with Gasteiger partial charge in [-0.15, -0.1) is 5.10 Å². The van der Waals surface area contributed by atoms with Gasteiger partial charge in [0.15, 0.2) is 5.82 Å². The van der Waals surface area contributed by atoms with Crippen LogP contribution in [0.1, 0.15) is 6.92 Å². The monoisotopic (exact) mass is 384 g/mol. The molecule has 0 N–H and O–H groups in total. The number of aromatic nitrogens is 2. The van der Waals surface area contributed by atoms with Gasteiger partial charge in [0.1, 0.15) is 0 Å². The number of carbonyl (C=O) groups excluding carboxylic acids is 1. The van der Waals surface area contributed by atoms with Gasteiger partial charge in [-0.3, -0.25) is 0 Å². The van der Waals surface area contributed by atoms with Crippen LogP contribution in [0.3, 0.4) is 0 Å². The summed E-state index contributed by atoms with van der Waals surface area (Å²) in [6.07, 6.45) is -0.247. The van der Waals surface area contributed by atoms with Crippen LogP contribution in [-0.2, 0) is 4.74 Å². The van der Waals surface area contributed by atoms with Crippen molar-refractivity contribution in [2.45, 2.75) is 6.92 Å². The third kappa shape index (κ3) is 3.32. The molecule has 1 amide bonds. The molecule has 4 rings (SSSR count). The lowest BCUT2D eigenvalue weighted by Gasteiger charge is -2.34. The molecule has 1 aliphatic heterocycles. The Balaban J connectivity index is 1.66. The SMILES string of the molecule is CCOC(=O)N1CCN(c2nn(-c3ccccc3Cl)c3ccccc23)CC1. The second-order valence-electron chi connectivity index (χ2n) is 6.38. The lowest BCUT2D eigenvalue weighted by molar-refractivity contribution is 0.105. The van der Waals surface area contributed by atoms with Crippen LogP contribution in [0.5, 0.6) is 0 Å². The molecule has 140 valence electrons. The van der Waals surface area contributed by atoms with Crippen LogP contribution in [-0.4, -0.2) is 53.6 Å². The lowest BCUT2D eigenvalue weighted by atomic mass is 10.2. The standard InChI is InChI=1S/C20H21ClN4O2/c1-2-27-20(26)24-13-11-23(12-14-24)19-15-7-3-5-9-17(15)25(22-19)18-10-6-4-8-16(18)21/h3-10H,2,11-14H2,1H3. The topological polar surface area (TPSA) is 50.6 Å². The molecule has 2 aromatic carbocycles. The molecule has 2 heterocycles. The summed E-state index contributed by atoms with van der Waals surface area (Å²) in [5.41, 5.74) is 1.86. The summed E-state index contributed by atoms with van der Waals surface area (Å²) in [7, 11) is 0. The van der Waals surface area contributed by atoms with E-state index in [-0.39, 0.29) is 6.09 Å². The highest BCUT2D eigenvalue weighted by Crippen LogP contribution is 2.31. The molecule has 3 aromatic rings. The Kier molecular flexibility index (Phi) is 4.90. The van der Waals surface area contributed by atoms with E-state index in [9.17, 15) is 4.79 Å². The van der Waals surface area contributed by atoms with E-state index in [4.69, 9.17) is 21.4 Å². The van der Waals surface area contributed by atoms with Crippen molar-refractivity contribution in [3.8, 4) is 5.69 Å². The molecule has 0 unspecified atom stereocenters. The van der Waals surface area contributed by atoms with Gasteiger partial charge in [-0.1, -0.05) is 35.9 Å². The van der Waals surface area contributed by atoms with Crippen molar-refractivity contribution in [2.75, 3.05) is 37.7 Å². The number of amides is 1. The second kappa shape index (κ2) is 7.48. The summed E-state index contributed by atoms with van der Waals surface area (Å²) in [4.78, 5) is 15.9. The molecule has 0 spiro atoms. The molecular weight excluding hydrogens is 364 g/mol. The highest BCUT2D eigenvalue weighted by Gasteiger charge is 2.25. The van der Waals surface area contributed by atoms with Crippen LogP contribution in [0.4, 0.5) is 10.6 Å². The van der Waals surface area contributed by atoms with Gasteiger partial charge >= 0.3 is 6.09 Å². The number of hydrogen-bond acceptors (Lipinski definition) is 4. The van der Waals surface area contributed by atoms with E-state index < -0.39 is 0 Å². The van der Waals surface area contributed by atoms with Crippen molar-refractivity contribution < 1.29 is 9.53 Å². The van der Waals surface area contributed by atoms with Crippen molar-refractivity contribution in [2.24, 2.45) is 0 Å². The molecule has 0 saturated carbocycles. The van der Waals surface area contributed by atoms with Gasteiger partial charge in [0.25, 0.3) is 0 Å². The Morgan fingerprint density at radius 3 is 2.52 bits per heavy atom. The highest BCUT2D eigenvalue weighted by atomic mass is 35.5. The van der Waals surface area contributed by atoms with Crippen molar-refractivity contribution >= 4 is 34.4 Å². The van der Waals surface area contributed by atoms with Gasteiger partial charge in [-0.05, 0) is 31.2 Å². The summed E-state index contributed by atoms with van der Waals surface area (Å²) in [5.74, 6) is 0.911. The summed E-state index contributed by atoms with van der Waals surface area (Å²) in [6, 6.07) is 15.8. The smallest absolute Gasteiger partial charge is 0.409 e. The van der Waals surface area contributed by atoms with Crippen LogP contribution in [0.2, 0.25) is 5.02 Å². The quantitative estimate of drug-likeness (QED) is 0.686. The molecule has 1 aromatic heterocycles. The number of fused-ring (bicyclic) bond motifs is 1. The third-order valence-electron chi connectivity index (χ3n) is 4.75. The van der Waals surface area contributed by atoms with E-state index in [0.717, 1.165) is 22.4 Å². The van der Waals surface area contributed by atoms with E-state index >= 15 is 0 Å². The minimum Gasteiger partial charge on any atom is -0.450 e. The Hall–Kier alpha value is -2.73. The van der Waals surface area contributed by atoms with Gasteiger partial charge in [0.05, 0.1) is 22.8 Å². The molecule has 1 fully saturated rings. The normalized spacial score (nSPS) is 14.6. The summed E-state index contributed by atoms with van der Waals surface area (Å²) < 4.78 is 7.00. The third-order valence-corrected chi connectivity index (χ3v) is 5.07. The first kappa shape index (κ1) is 17.7. The molecule has 0 aliphatic carbocycles. The average molecular weight is 385 g/mol. The van der Waals surface area contributed by atoms with Crippen molar-refractivity contribution in [1.29, 1.82) is 0 Å². The van der Waals surface area contributed by atoms with E-state index in [1.165, 1.54) is 0 Å². The number of nitrogens with zero attached hydrogens (tertiary/aromatic N) is 4. The van der Waals surface area contributed by atoms with E-state index in [0.29, 0.717) is 37.8 Å². The number of piperazine rings is 1. The Morgan fingerprint density at radius 2 is 1.78 bits per heavy atom. The molecule has 7 heteroatoms. The highest BCUT2D eigenvalue weighted by molar-refractivity contribution is 6.32. The number of para-hydroxylation sites is 2. The van der Waals surface area contributed by atoms with Gasteiger partial charge in [-0.25, -0.2) is 9.48 Å². The van der Waals surface area contributed by atoms with Crippen LogP contribution in [0.25, 0.3) is 16.6 Å². The molecule has 0 atom stereocenters. The molecule has 6 nitrogen and oxygen atoms in total. The van der Waals surface area contributed by atoms with Gasteiger partial charge in [0, 0.05) is 31.6 Å². The number of rotatable bonds is 3.